The molecule has 1 aromatic carbocycles. The second-order valence-electron chi connectivity index (χ2n) is 3.94. The molecule has 2 aromatic rings. The number of hydrogen-bond donors (Lipinski definition) is 0. The van der Waals surface area contributed by atoms with E-state index in [4.69, 9.17) is 4.74 Å². The Morgan fingerprint density at radius 2 is 2.00 bits per heavy atom. The highest BCUT2D eigenvalue weighted by Gasteiger charge is 2.06. The minimum atomic E-state index is 0.502. The summed E-state index contributed by atoms with van der Waals surface area (Å²) in [5.74, 6) is 1.39. The van der Waals surface area contributed by atoms with Crippen LogP contribution in [0.3, 0.4) is 0 Å². The Labute approximate surface area is 89.9 Å². The zero-order valence-corrected chi connectivity index (χ0v) is 9.32. The van der Waals surface area contributed by atoms with Crippen LogP contribution in [0.25, 0.3) is 10.9 Å². The normalized spacial score (nSPS) is 10.9. The third-order valence-electron chi connectivity index (χ3n) is 2.60. The van der Waals surface area contributed by atoms with Crippen molar-refractivity contribution in [1.29, 1.82) is 0 Å². The van der Waals surface area contributed by atoms with Gasteiger partial charge in [0.05, 0.1) is 12.6 Å². The van der Waals surface area contributed by atoms with Crippen LogP contribution >= 0.6 is 0 Å². The van der Waals surface area contributed by atoms with E-state index in [1.54, 1.807) is 7.11 Å². The van der Waals surface area contributed by atoms with Crippen LogP contribution in [0.1, 0.15) is 25.3 Å². The molecule has 0 atom stereocenters. The molecule has 0 unspecified atom stereocenters. The van der Waals surface area contributed by atoms with Gasteiger partial charge in [-0.2, -0.15) is 0 Å². The van der Waals surface area contributed by atoms with Crippen molar-refractivity contribution in [3.63, 3.8) is 0 Å². The van der Waals surface area contributed by atoms with Crippen molar-refractivity contribution >= 4 is 10.9 Å². The Morgan fingerprint density at radius 1 is 1.20 bits per heavy atom. The van der Waals surface area contributed by atoms with Crippen LogP contribution in [0, 0.1) is 0 Å². The van der Waals surface area contributed by atoms with Gasteiger partial charge in [-0.3, -0.25) is 4.98 Å². The molecule has 0 N–H and O–H groups in total. The molecule has 2 nitrogen and oxygen atoms in total. The molecule has 2 rings (SSSR count). The van der Waals surface area contributed by atoms with Gasteiger partial charge in [-0.1, -0.05) is 13.8 Å². The smallest absolute Gasteiger partial charge is 0.119 e. The predicted molar refractivity (Wildman–Crippen MR) is 62.4 cm³/mol. The van der Waals surface area contributed by atoms with Crippen molar-refractivity contribution in [2.75, 3.05) is 7.11 Å². The molecule has 0 saturated heterocycles. The van der Waals surface area contributed by atoms with Gasteiger partial charge >= 0.3 is 0 Å². The first-order valence-electron chi connectivity index (χ1n) is 5.15. The minimum absolute atomic E-state index is 0.502. The largest absolute Gasteiger partial charge is 0.497 e. The van der Waals surface area contributed by atoms with E-state index in [1.165, 1.54) is 10.9 Å². The minimum Gasteiger partial charge on any atom is -0.497 e. The average Bonchev–Trinajstić information content (AvgIpc) is 2.27. The number of nitrogens with zero attached hydrogens (tertiary/aromatic N) is 1. The van der Waals surface area contributed by atoms with Crippen molar-refractivity contribution in [2.24, 2.45) is 0 Å². The van der Waals surface area contributed by atoms with E-state index in [0.29, 0.717) is 5.92 Å². The van der Waals surface area contributed by atoms with Crippen LogP contribution in [-0.2, 0) is 0 Å². The number of fused-ring (bicyclic) bond motifs is 1. The van der Waals surface area contributed by atoms with Gasteiger partial charge in [0.2, 0.25) is 0 Å². The van der Waals surface area contributed by atoms with Gasteiger partial charge in [0.15, 0.2) is 0 Å². The van der Waals surface area contributed by atoms with Crippen molar-refractivity contribution in [2.45, 2.75) is 19.8 Å². The lowest BCUT2D eigenvalue weighted by Gasteiger charge is -2.10. The summed E-state index contributed by atoms with van der Waals surface area (Å²) in [4.78, 5) is 4.34. The van der Waals surface area contributed by atoms with Crippen LogP contribution in [0.2, 0.25) is 0 Å². The first kappa shape index (κ1) is 9.97. The first-order chi connectivity index (χ1) is 7.22. The van der Waals surface area contributed by atoms with E-state index in [0.717, 1.165) is 11.3 Å². The summed E-state index contributed by atoms with van der Waals surface area (Å²) in [6.45, 7) is 4.38. The number of benzene rings is 1. The van der Waals surface area contributed by atoms with Crippen molar-refractivity contribution < 1.29 is 4.74 Å². The highest BCUT2D eigenvalue weighted by molar-refractivity contribution is 5.83. The second kappa shape index (κ2) is 3.89. The number of rotatable bonds is 2. The highest BCUT2D eigenvalue weighted by atomic mass is 16.5. The van der Waals surface area contributed by atoms with Crippen LogP contribution in [0.5, 0.6) is 5.75 Å². The Balaban J connectivity index is 2.70. The molecule has 0 saturated carbocycles. The number of aromatic nitrogens is 1. The lowest BCUT2D eigenvalue weighted by atomic mass is 9.99. The zero-order chi connectivity index (χ0) is 10.8. The summed E-state index contributed by atoms with van der Waals surface area (Å²) < 4.78 is 5.23. The standard InChI is InChI=1S/C13H15NO/c1-9(2)11-6-7-14-13-5-4-10(15-3)8-12(11)13/h4-9H,1-3H3. The fourth-order valence-corrected chi connectivity index (χ4v) is 1.78. The Morgan fingerprint density at radius 3 is 2.67 bits per heavy atom. The van der Waals surface area contributed by atoms with Crippen molar-refractivity contribution in [3.05, 3.63) is 36.0 Å². The fraction of sp³-hybridized carbons (Fsp3) is 0.308. The molecular weight excluding hydrogens is 186 g/mol. The van der Waals surface area contributed by atoms with Gasteiger partial charge < -0.3 is 4.74 Å². The van der Waals surface area contributed by atoms with Gasteiger partial charge in [-0.15, -0.1) is 0 Å². The summed E-state index contributed by atoms with van der Waals surface area (Å²) in [5, 5.41) is 1.19. The van der Waals surface area contributed by atoms with Gasteiger partial charge in [0, 0.05) is 11.6 Å². The van der Waals surface area contributed by atoms with E-state index in [2.05, 4.69) is 31.0 Å². The molecule has 2 heteroatoms. The number of methoxy groups -OCH3 is 1. The van der Waals surface area contributed by atoms with Crippen LogP contribution in [0.15, 0.2) is 30.5 Å². The lowest BCUT2D eigenvalue weighted by Crippen LogP contribution is -1.92. The molecule has 0 fully saturated rings. The van der Waals surface area contributed by atoms with Crippen LogP contribution < -0.4 is 4.74 Å². The van der Waals surface area contributed by atoms with Gasteiger partial charge in [-0.05, 0) is 35.7 Å². The first-order valence-corrected chi connectivity index (χ1v) is 5.15. The van der Waals surface area contributed by atoms with Gasteiger partial charge in [0.25, 0.3) is 0 Å². The molecule has 0 aliphatic heterocycles. The lowest BCUT2D eigenvalue weighted by molar-refractivity contribution is 0.415. The average molecular weight is 201 g/mol. The maximum Gasteiger partial charge on any atom is 0.119 e. The van der Waals surface area contributed by atoms with E-state index in [-0.39, 0.29) is 0 Å². The van der Waals surface area contributed by atoms with E-state index >= 15 is 0 Å². The molecule has 15 heavy (non-hydrogen) atoms. The number of pyridine rings is 1. The molecule has 1 aromatic heterocycles. The number of hydrogen-bond acceptors (Lipinski definition) is 2. The third-order valence-corrected chi connectivity index (χ3v) is 2.60. The topological polar surface area (TPSA) is 22.1 Å². The van der Waals surface area contributed by atoms with E-state index in [9.17, 15) is 0 Å². The Kier molecular flexibility index (Phi) is 2.58. The predicted octanol–water partition coefficient (Wildman–Crippen LogP) is 3.37. The zero-order valence-electron chi connectivity index (χ0n) is 9.32. The van der Waals surface area contributed by atoms with E-state index < -0.39 is 0 Å². The van der Waals surface area contributed by atoms with Gasteiger partial charge in [0.1, 0.15) is 5.75 Å². The SMILES string of the molecule is COc1ccc2nccc(C(C)C)c2c1. The Bertz CT molecular complexity index is 477. The molecular formula is C13H15NO. The van der Waals surface area contributed by atoms with Crippen molar-refractivity contribution in [3.8, 4) is 5.75 Å². The van der Waals surface area contributed by atoms with E-state index in [1.807, 2.05) is 18.3 Å². The van der Waals surface area contributed by atoms with Gasteiger partial charge in [-0.25, -0.2) is 0 Å². The third kappa shape index (κ3) is 1.80. The molecule has 78 valence electrons. The summed E-state index contributed by atoms with van der Waals surface area (Å²) >= 11 is 0. The quantitative estimate of drug-likeness (QED) is 0.743. The monoisotopic (exact) mass is 201 g/mol. The maximum absolute atomic E-state index is 5.23. The summed E-state index contributed by atoms with van der Waals surface area (Å²) in [6, 6.07) is 8.07. The van der Waals surface area contributed by atoms with Crippen molar-refractivity contribution in [1.82, 2.24) is 4.98 Å². The summed E-state index contributed by atoms with van der Waals surface area (Å²) in [7, 11) is 1.69. The fourth-order valence-electron chi connectivity index (χ4n) is 1.78. The molecule has 0 aliphatic carbocycles. The molecule has 0 radical (unpaired) electrons. The molecule has 0 amide bonds. The highest BCUT2D eigenvalue weighted by Crippen LogP contribution is 2.26. The Hall–Kier alpha value is -1.57. The second-order valence-corrected chi connectivity index (χ2v) is 3.94. The number of ether oxygens (including phenoxy) is 1. The molecule has 1 heterocycles. The molecule has 0 bridgehead atoms. The maximum atomic E-state index is 5.23. The molecule has 0 spiro atoms. The van der Waals surface area contributed by atoms with Crippen LogP contribution in [0.4, 0.5) is 0 Å². The summed E-state index contributed by atoms with van der Waals surface area (Å²) in [6.07, 6.45) is 1.87. The molecule has 0 aliphatic rings. The van der Waals surface area contributed by atoms with Crippen LogP contribution in [-0.4, -0.2) is 12.1 Å². The summed E-state index contributed by atoms with van der Waals surface area (Å²) in [5.41, 5.74) is 2.35.